The summed E-state index contributed by atoms with van der Waals surface area (Å²) in [7, 11) is 0. The Hall–Kier alpha value is -0.0400. The van der Waals surface area contributed by atoms with Crippen LogP contribution in [0.15, 0.2) is 0 Å². The van der Waals surface area contributed by atoms with Gasteiger partial charge in [-0.2, -0.15) is 0 Å². The average molecular weight is 209 g/mol. The van der Waals surface area contributed by atoms with Gasteiger partial charge in [-0.05, 0) is 56.8 Å². The van der Waals surface area contributed by atoms with Gasteiger partial charge in [0.1, 0.15) is 0 Å². The van der Waals surface area contributed by atoms with Crippen LogP contribution < -0.4 is 5.32 Å². The van der Waals surface area contributed by atoms with Crippen LogP contribution in [0.2, 0.25) is 0 Å². The van der Waals surface area contributed by atoms with E-state index in [0.717, 1.165) is 23.8 Å². The third kappa shape index (κ3) is 1.84. The molecule has 0 aromatic heterocycles. The van der Waals surface area contributed by atoms with Crippen LogP contribution in [0.25, 0.3) is 0 Å². The van der Waals surface area contributed by atoms with E-state index in [9.17, 15) is 0 Å². The monoisotopic (exact) mass is 209 g/mol. The van der Waals surface area contributed by atoms with Crippen molar-refractivity contribution in [2.45, 2.75) is 66.0 Å². The van der Waals surface area contributed by atoms with Crippen LogP contribution in [-0.4, -0.2) is 11.6 Å². The lowest BCUT2D eigenvalue weighted by Crippen LogP contribution is -2.46. The van der Waals surface area contributed by atoms with Gasteiger partial charge in [0.2, 0.25) is 0 Å². The Morgan fingerprint density at radius 2 is 1.80 bits per heavy atom. The first-order valence-electron chi connectivity index (χ1n) is 6.54. The Labute approximate surface area is 95.0 Å². The molecule has 0 bridgehead atoms. The molecule has 1 heteroatoms. The molecule has 1 N–H and O–H groups in total. The maximum Gasteiger partial charge on any atom is 0.0106 e. The molecule has 4 unspecified atom stereocenters. The predicted molar refractivity (Wildman–Crippen MR) is 65.8 cm³/mol. The summed E-state index contributed by atoms with van der Waals surface area (Å²) in [6, 6.07) is 0.756. The van der Waals surface area contributed by atoms with Crippen molar-refractivity contribution in [3.05, 3.63) is 0 Å². The molecule has 0 radical (unpaired) electrons. The molecule has 0 aromatic rings. The summed E-state index contributed by atoms with van der Waals surface area (Å²) < 4.78 is 0. The lowest BCUT2D eigenvalue weighted by molar-refractivity contribution is 0.273. The minimum absolute atomic E-state index is 0.272. The predicted octanol–water partition coefficient (Wildman–Crippen LogP) is 3.45. The van der Waals surface area contributed by atoms with Crippen molar-refractivity contribution in [1.29, 1.82) is 0 Å². The van der Waals surface area contributed by atoms with Crippen LogP contribution in [0.1, 0.15) is 54.4 Å². The summed E-state index contributed by atoms with van der Waals surface area (Å²) in [4.78, 5) is 0. The zero-order valence-corrected chi connectivity index (χ0v) is 11.2. The van der Waals surface area contributed by atoms with Gasteiger partial charge in [0.05, 0.1) is 0 Å². The summed E-state index contributed by atoms with van der Waals surface area (Å²) >= 11 is 0. The van der Waals surface area contributed by atoms with E-state index in [4.69, 9.17) is 0 Å². The average Bonchev–Trinajstić information content (AvgIpc) is 2.70. The van der Waals surface area contributed by atoms with Gasteiger partial charge in [0, 0.05) is 11.6 Å². The molecular formula is C14H27N. The second kappa shape index (κ2) is 3.23. The zero-order valence-electron chi connectivity index (χ0n) is 11.2. The molecule has 0 amide bonds. The fourth-order valence-corrected chi connectivity index (χ4v) is 3.81. The molecule has 0 spiro atoms. The molecule has 2 aliphatic carbocycles. The summed E-state index contributed by atoms with van der Waals surface area (Å²) in [6.45, 7) is 14.1. The molecule has 15 heavy (non-hydrogen) atoms. The fraction of sp³-hybridized carbons (Fsp3) is 1.00. The van der Waals surface area contributed by atoms with Gasteiger partial charge in [-0.15, -0.1) is 0 Å². The number of hydrogen-bond acceptors (Lipinski definition) is 1. The minimum atomic E-state index is 0.272. The second-order valence-electron chi connectivity index (χ2n) is 7.26. The third-order valence-corrected chi connectivity index (χ3v) is 4.82. The fourth-order valence-electron chi connectivity index (χ4n) is 3.81. The molecule has 2 rings (SSSR count). The molecular weight excluding hydrogens is 182 g/mol. The molecule has 0 saturated heterocycles. The van der Waals surface area contributed by atoms with Crippen molar-refractivity contribution in [3.63, 3.8) is 0 Å². The van der Waals surface area contributed by atoms with E-state index < -0.39 is 0 Å². The maximum absolute atomic E-state index is 3.81. The summed E-state index contributed by atoms with van der Waals surface area (Å²) in [5.41, 5.74) is 0.982. The van der Waals surface area contributed by atoms with Gasteiger partial charge in [-0.3, -0.25) is 0 Å². The minimum Gasteiger partial charge on any atom is -0.309 e. The van der Waals surface area contributed by atoms with Crippen molar-refractivity contribution in [2.24, 2.45) is 23.2 Å². The van der Waals surface area contributed by atoms with Gasteiger partial charge in [0.25, 0.3) is 0 Å². The van der Waals surface area contributed by atoms with Crippen LogP contribution in [0.5, 0.6) is 0 Å². The van der Waals surface area contributed by atoms with Gasteiger partial charge in [0.15, 0.2) is 0 Å². The lowest BCUT2D eigenvalue weighted by Gasteiger charge is -2.31. The Morgan fingerprint density at radius 1 is 1.20 bits per heavy atom. The molecule has 0 aliphatic heterocycles. The standard InChI is InChI=1S/C14H27N/c1-9(2)14-7-11(14)10(3)12(8-14)15-13(4,5)6/h9-12,15H,7-8H2,1-6H3. The van der Waals surface area contributed by atoms with Crippen LogP contribution in [0, 0.1) is 23.2 Å². The normalized spacial score (nSPS) is 44.6. The lowest BCUT2D eigenvalue weighted by atomic mass is 9.88. The molecule has 2 fully saturated rings. The molecule has 88 valence electrons. The molecule has 0 aromatic carbocycles. The molecule has 2 saturated carbocycles. The van der Waals surface area contributed by atoms with E-state index in [1.807, 2.05) is 0 Å². The van der Waals surface area contributed by atoms with E-state index in [2.05, 4.69) is 46.9 Å². The smallest absolute Gasteiger partial charge is 0.0106 e. The van der Waals surface area contributed by atoms with Gasteiger partial charge < -0.3 is 5.32 Å². The first kappa shape index (κ1) is 11.4. The zero-order chi connectivity index (χ0) is 11.4. The van der Waals surface area contributed by atoms with Crippen LogP contribution in [0.3, 0.4) is 0 Å². The van der Waals surface area contributed by atoms with Crippen molar-refractivity contribution >= 4 is 0 Å². The largest absolute Gasteiger partial charge is 0.309 e. The quantitative estimate of drug-likeness (QED) is 0.734. The number of fused-ring (bicyclic) bond motifs is 1. The van der Waals surface area contributed by atoms with E-state index in [1.165, 1.54) is 12.8 Å². The first-order chi connectivity index (χ1) is 6.76. The molecule has 2 aliphatic rings. The van der Waals surface area contributed by atoms with Gasteiger partial charge in [-0.25, -0.2) is 0 Å². The molecule has 1 nitrogen and oxygen atoms in total. The summed E-state index contributed by atoms with van der Waals surface area (Å²) in [5, 5.41) is 3.81. The SMILES string of the molecule is CC1C(NC(C)(C)C)CC2(C(C)C)CC12. The van der Waals surface area contributed by atoms with E-state index in [0.29, 0.717) is 5.41 Å². The third-order valence-electron chi connectivity index (χ3n) is 4.82. The summed E-state index contributed by atoms with van der Waals surface area (Å²) in [5.74, 6) is 2.76. The van der Waals surface area contributed by atoms with Crippen LogP contribution in [0.4, 0.5) is 0 Å². The Kier molecular flexibility index (Phi) is 2.46. The van der Waals surface area contributed by atoms with Gasteiger partial charge in [-0.1, -0.05) is 20.8 Å². The number of rotatable bonds is 2. The van der Waals surface area contributed by atoms with Crippen molar-refractivity contribution in [1.82, 2.24) is 5.32 Å². The highest BCUT2D eigenvalue weighted by Crippen LogP contribution is 2.69. The second-order valence-corrected chi connectivity index (χ2v) is 7.26. The Bertz CT molecular complexity index is 251. The van der Waals surface area contributed by atoms with Crippen molar-refractivity contribution < 1.29 is 0 Å². The molecule has 0 heterocycles. The number of nitrogens with one attached hydrogen (secondary N) is 1. The maximum atomic E-state index is 3.81. The van der Waals surface area contributed by atoms with Crippen LogP contribution >= 0.6 is 0 Å². The Morgan fingerprint density at radius 3 is 2.20 bits per heavy atom. The first-order valence-corrected chi connectivity index (χ1v) is 6.54. The van der Waals surface area contributed by atoms with E-state index >= 15 is 0 Å². The number of hydrogen-bond donors (Lipinski definition) is 1. The Balaban J connectivity index is 2.02. The van der Waals surface area contributed by atoms with Crippen LogP contribution in [-0.2, 0) is 0 Å². The van der Waals surface area contributed by atoms with Crippen molar-refractivity contribution in [2.75, 3.05) is 0 Å². The molecule has 4 atom stereocenters. The van der Waals surface area contributed by atoms with E-state index in [1.54, 1.807) is 0 Å². The highest BCUT2D eigenvalue weighted by atomic mass is 15.0. The van der Waals surface area contributed by atoms with E-state index in [-0.39, 0.29) is 5.54 Å². The summed E-state index contributed by atoms with van der Waals surface area (Å²) in [6.07, 6.45) is 2.90. The van der Waals surface area contributed by atoms with Crippen molar-refractivity contribution in [3.8, 4) is 0 Å². The topological polar surface area (TPSA) is 12.0 Å². The highest BCUT2D eigenvalue weighted by Gasteiger charge is 2.64. The highest BCUT2D eigenvalue weighted by molar-refractivity contribution is 5.15. The van der Waals surface area contributed by atoms with Gasteiger partial charge >= 0.3 is 0 Å².